The Morgan fingerprint density at radius 2 is 1.55 bits per heavy atom. The first kappa shape index (κ1) is 20.1. The SMILES string of the molecule is O=C1c2cccc3cccc(c23)C(=O)N1c1nc(-c2cc3cc(Cl)cc(Cl)c3oc2=O)cs1. The average Bonchev–Trinajstić information content (AvgIpc) is 3.27. The van der Waals surface area contributed by atoms with E-state index < -0.39 is 17.4 Å². The van der Waals surface area contributed by atoms with Gasteiger partial charge in [0.15, 0.2) is 10.7 Å². The van der Waals surface area contributed by atoms with Gasteiger partial charge in [-0.2, -0.15) is 0 Å². The highest BCUT2D eigenvalue weighted by atomic mass is 35.5. The number of amides is 2. The molecule has 0 saturated heterocycles. The molecule has 6 nitrogen and oxygen atoms in total. The van der Waals surface area contributed by atoms with Gasteiger partial charge in [0.1, 0.15) is 0 Å². The van der Waals surface area contributed by atoms with Crippen LogP contribution in [0.25, 0.3) is 33.0 Å². The minimum atomic E-state index is -0.644. The van der Waals surface area contributed by atoms with Crippen LogP contribution in [0.3, 0.4) is 0 Å². The van der Waals surface area contributed by atoms with Gasteiger partial charge in [-0.05, 0) is 35.7 Å². The summed E-state index contributed by atoms with van der Waals surface area (Å²) in [6, 6.07) is 15.3. The van der Waals surface area contributed by atoms with Gasteiger partial charge in [0, 0.05) is 32.3 Å². The maximum absolute atomic E-state index is 13.2. The molecule has 33 heavy (non-hydrogen) atoms. The van der Waals surface area contributed by atoms with Gasteiger partial charge in [-0.1, -0.05) is 47.5 Å². The Morgan fingerprint density at radius 1 is 0.848 bits per heavy atom. The third-order valence-corrected chi connectivity index (χ3v) is 6.81. The number of benzene rings is 3. The number of hydrogen-bond acceptors (Lipinski definition) is 6. The van der Waals surface area contributed by atoms with Crippen molar-refractivity contribution in [2.45, 2.75) is 0 Å². The Labute approximate surface area is 199 Å². The first-order valence-electron chi connectivity index (χ1n) is 9.72. The molecule has 9 heteroatoms. The lowest BCUT2D eigenvalue weighted by molar-refractivity contribution is 0.0893. The van der Waals surface area contributed by atoms with E-state index in [-0.39, 0.29) is 27.0 Å². The number of halogens is 2. The Balaban J connectivity index is 1.47. The number of thiazole rings is 1. The largest absolute Gasteiger partial charge is 0.421 e. The van der Waals surface area contributed by atoms with Crippen LogP contribution in [0.2, 0.25) is 10.0 Å². The molecule has 3 aromatic carbocycles. The van der Waals surface area contributed by atoms with Crippen LogP contribution >= 0.6 is 34.5 Å². The van der Waals surface area contributed by atoms with Crippen molar-refractivity contribution < 1.29 is 14.0 Å². The average molecular weight is 493 g/mol. The van der Waals surface area contributed by atoms with Crippen LogP contribution in [0.1, 0.15) is 20.7 Å². The normalized spacial score (nSPS) is 13.3. The molecular weight excluding hydrogens is 483 g/mol. The molecule has 2 aromatic heterocycles. The van der Waals surface area contributed by atoms with Crippen molar-refractivity contribution in [3.05, 3.63) is 91.6 Å². The zero-order valence-electron chi connectivity index (χ0n) is 16.5. The predicted octanol–water partition coefficient (Wildman–Crippen LogP) is 6.18. The topological polar surface area (TPSA) is 80.5 Å². The highest BCUT2D eigenvalue weighted by molar-refractivity contribution is 7.14. The Morgan fingerprint density at radius 3 is 2.24 bits per heavy atom. The van der Waals surface area contributed by atoms with Gasteiger partial charge in [-0.15, -0.1) is 11.3 Å². The fourth-order valence-corrected chi connectivity index (χ4v) is 5.40. The van der Waals surface area contributed by atoms with Crippen LogP contribution in [0, 0.1) is 0 Å². The van der Waals surface area contributed by atoms with Gasteiger partial charge in [0.05, 0.1) is 16.3 Å². The van der Waals surface area contributed by atoms with Gasteiger partial charge in [-0.25, -0.2) is 14.7 Å². The number of anilines is 1. The Hall–Kier alpha value is -3.52. The highest BCUT2D eigenvalue weighted by Crippen LogP contribution is 2.36. The maximum atomic E-state index is 13.2. The molecule has 5 aromatic rings. The molecule has 0 unspecified atom stereocenters. The van der Waals surface area contributed by atoms with E-state index in [1.54, 1.807) is 41.8 Å². The summed E-state index contributed by atoms with van der Waals surface area (Å²) in [5.41, 5.74) is 0.872. The molecule has 0 atom stereocenters. The van der Waals surface area contributed by atoms with E-state index in [0.717, 1.165) is 21.6 Å². The lowest BCUT2D eigenvalue weighted by Gasteiger charge is -2.25. The zero-order valence-corrected chi connectivity index (χ0v) is 18.8. The van der Waals surface area contributed by atoms with E-state index >= 15 is 0 Å². The molecule has 0 saturated carbocycles. The second-order valence-corrected chi connectivity index (χ2v) is 9.10. The monoisotopic (exact) mass is 492 g/mol. The molecule has 0 radical (unpaired) electrons. The van der Waals surface area contributed by atoms with Crippen molar-refractivity contribution in [3.8, 4) is 11.3 Å². The maximum Gasteiger partial charge on any atom is 0.345 e. The molecule has 3 heterocycles. The zero-order chi connectivity index (χ0) is 22.9. The van der Waals surface area contributed by atoms with Crippen LogP contribution in [-0.4, -0.2) is 16.8 Å². The van der Waals surface area contributed by atoms with Gasteiger partial charge in [0.25, 0.3) is 11.8 Å². The van der Waals surface area contributed by atoms with Crippen molar-refractivity contribution in [2.24, 2.45) is 0 Å². The standard InChI is InChI=1S/C24H10Cl2N2O4S/c25-13-7-12-8-16(23(31)32-20(12)17(26)9-13)18-10-33-24(27-18)28-21(29)14-5-1-3-11-4-2-6-15(19(11)14)22(28)30/h1-10H. The van der Waals surface area contributed by atoms with Crippen LogP contribution in [0.4, 0.5) is 5.13 Å². The summed E-state index contributed by atoms with van der Waals surface area (Å²) in [6.07, 6.45) is 0. The minimum absolute atomic E-state index is 0.162. The number of carbonyl (C=O) groups excluding carboxylic acids is 2. The number of imide groups is 1. The molecule has 0 N–H and O–H groups in total. The Bertz CT molecular complexity index is 1670. The number of carbonyl (C=O) groups is 2. The smallest absolute Gasteiger partial charge is 0.345 e. The second kappa shape index (κ2) is 7.25. The molecule has 160 valence electrons. The fourth-order valence-electron chi connectivity index (χ4n) is 4.03. The van der Waals surface area contributed by atoms with Crippen molar-refractivity contribution in [2.75, 3.05) is 4.90 Å². The van der Waals surface area contributed by atoms with E-state index in [4.69, 9.17) is 27.6 Å². The molecule has 2 amide bonds. The van der Waals surface area contributed by atoms with E-state index in [1.807, 2.05) is 12.1 Å². The number of rotatable bonds is 2. The van der Waals surface area contributed by atoms with Crippen LogP contribution < -0.4 is 10.5 Å². The lowest BCUT2D eigenvalue weighted by Crippen LogP contribution is -2.40. The van der Waals surface area contributed by atoms with Crippen molar-refractivity contribution in [1.82, 2.24) is 4.98 Å². The van der Waals surface area contributed by atoms with Gasteiger partial charge in [0.2, 0.25) is 0 Å². The molecule has 1 aliphatic heterocycles. The summed E-state index contributed by atoms with van der Waals surface area (Å²) < 4.78 is 5.39. The molecule has 0 aliphatic carbocycles. The van der Waals surface area contributed by atoms with Crippen molar-refractivity contribution in [3.63, 3.8) is 0 Å². The summed E-state index contributed by atoms with van der Waals surface area (Å²) >= 11 is 13.3. The van der Waals surface area contributed by atoms with E-state index in [1.165, 1.54) is 6.07 Å². The molecule has 0 spiro atoms. The van der Waals surface area contributed by atoms with Crippen molar-refractivity contribution in [1.29, 1.82) is 0 Å². The van der Waals surface area contributed by atoms with E-state index in [2.05, 4.69) is 4.98 Å². The van der Waals surface area contributed by atoms with E-state index in [9.17, 15) is 14.4 Å². The molecule has 0 bridgehead atoms. The first-order valence-corrected chi connectivity index (χ1v) is 11.4. The van der Waals surface area contributed by atoms with E-state index in [0.29, 0.717) is 26.9 Å². The summed E-state index contributed by atoms with van der Waals surface area (Å²) in [5.74, 6) is -0.927. The third-order valence-electron chi connectivity index (χ3n) is 5.48. The molecular formula is C24H10Cl2N2O4S. The number of aromatic nitrogens is 1. The summed E-state index contributed by atoms with van der Waals surface area (Å²) in [6.45, 7) is 0. The summed E-state index contributed by atoms with van der Waals surface area (Å²) in [4.78, 5) is 44.6. The first-order chi connectivity index (χ1) is 15.9. The number of fused-ring (bicyclic) bond motifs is 1. The Kier molecular flexibility index (Phi) is 4.42. The van der Waals surface area contributed by atoms with Crippen molar-refractivity contribution >= 4 is 73.2 Å². The van der Waals surface area contributed by atoms with Gasteiger partial charge >= 0.3 is 5.63 Å². The van der Waals surface area contributed by atoms with Crippen LogP contribution in [0.5, 0.6) is 0 Å². The van der Waals surface area contributed by atoms with Crippen LogP contribution in [-0.2, 0) is 0 Å². The predicted molar refractivity (Wildman–Crippen MR) is 129 cm³/mol. The molecule has 0 fully saturated rings. The quantitative estimate of drug-likeness (QED) is 0.217. The second-order valence-electron chi connectivity index (χ2n) is 7.42. The number of hydrogen-bond donors (Lipinski definition) is 0. The highest BCUT2D eigenvalue weighted by Gasteiger charge is 2.35. The molecule has 1 aliphatic rings. The fraction of sp³-hybridized carbons (Fsp3) is 0. The molecule has 6 rings (SSSR count). The van der Waals surface area contributed by atoms with Gasteiger partial charge < -0.3 is 4.42 Å². The summed E-state index contributed by atoms with van der Waals surface area (Å²) in [5, 5.41) is 4.35. The third kappa shape index (κ3) is 3.01. The van der Waals surface area contributed by atoms with Crippen LogP contribution in [0.15, 0.2) is 69.2 Å². The summed E-state index contributed by atoms with van der Waals surface area (Å²) in [7, 11) is 0. The number of nitrogens with zero attached hydrogens (tertiary/aromatic N) is 2. The van der Waals surface area contributed by atoms with Gasteiger partial charge in [-0.3, -0.25) is 9.59 Å². The minimum Gasteiger partial charge on any atom is -0.421 e. The lowest BCUT2D eigenvalue weighted by atomic mass is 9.94.